The lowest BCUT2D eigenvalue weighted by atomic mass is 9.85. The Labute approximate surface area is 111 Å². The van der Waals surface area contributed by atoms with Gasteiger partial charge >= 0.3 is 0 Å². The average Bonchev–Trinajstić information content (AvgIpc) is 3.04. The first kappa shape index (κ1) is 10.9. The van der Waals surface area contributed by atoms with Crippen LogP contribution in [0.15, 0.2) is 56.7 Å². The molecule has 0 bridgehead atoms. The molecule has 2 heteroatoms. The first-order valence-electron chi connectivity index (χ1n) is 6.71. The molecule has 0 aromatic rings. The van der Waals surface area contributed by atoms with Crippen LogP contribution in [0.1, 0.15) is 33.1 Å². The predicted molar refractivity (Wildman–Crippen MR) is 72.5 cm³/mol. The molecule has 0 saturated carbocycles. The van der Waals surface area contributed by atoms with Gasteiger partial charge in [-0.2, -0.15) is 0 Å². The van der Waals surface area contributed by atoms with E-state index in [2.05, 4.69) is 13.8 Å². The summed E-state index contributed by atoms with van der Waals surface area (Å²) in [6.07, 6.45) is 5.96. The van der Waals surface area contributed by atoms with Crippen molar-refractivity contribution < 1.29 is 9.59 Å². The SMILES string of the molecule is CC1=C2CC3=C(C(=O)C4=C(CC=C4)C3=O)C2=C(C)C1. The first-order valence-corrected chi connectivity index (χ1v) is 6.71. The molecule has 0 heterocycles. The zero-order chi connectivity index (χ0) is 13.3. The molecule has 4 aliphatic carbocycles. The third kappa shape index (κ3) is 1.17. The summed E-state index contributed by atoms with van der Waals surface area (Å²) < 4.78 is 0. The molecule has 0 unspecified atom stereocenters. The van der Waals surface area contributed by atoms with Crippen molar-refractivity contribution in [1.29, 1.82) is 0 Å². The van der Waals surface area contributed by atoms with Crippen molar-refractivity contribution in [2.45, 2.75) is 33.1 Å². The van der Waals surface area contributed by atoms with Gasteiger partial charge in [0.25, 0.3) is 0 Å². The number of Topliss-reactive ketones (excluding diaryl/α,β-unsaturated/α-hetero) is 2. The van der Waals surface area contributed by atoms with Gasteiger partial charge in [-0.3, -0.25) is 9.59 Å². The van der Waals surface area contributed by atoms with Crippen LogP contribution in [0, 0.1) is 0 Å². The van der Waals surface area contributed by atoms with Gasteiger partial charge in [-0.05, 0) is 37.8 Å². The van der Waals surface area contributed by atoms with E-state index in [-0.39, 0.29) is 11.6 Å². The molecule has 0 saturated heterocycles. The minimum atomic E-state index is 0.0670. The van der Waals surface area contributed by atoms with Gasteiger partial charge in [0.15, 0.2) is 11.6 Å². The number of fused-ring (bicyclic) bond motifs is 2. The Morgan fingerprint density at radius 1 is 0.842 bits per heavy atom. The number of ketones is 2. The molecule has 0 aromatic carbocycles. The van der Waals surface area contributed by atoms with E-state index in [1.54, 1.807) is 0 Å². The summed E-state index contributed by atoms with van der Waals surface area (Å²) in [6.45, 7) is 4.19. The zero-order valence-corrected chi connectivity index (χ0v) is 11.1. The van der Waals surface area contributed by atoms with E-state index in [0.717, 1.165) is 17.6 Å². The van der Waals surface area contributed by atoms with Gasteiger partial charge in [-0.1, -0.05) is 23.3 Å². The maximum Gasteiger partial charge on any atom is 0.194 e. The Bertz CT molecular complexity index is 733. The minimum absolute atomic E-state index is 0.0670. The van der Waals surface area contributed by atoms with Crippen LogP contribution >= 0.6 is 0 Å². The highest BCUT2D eigenvalue weighted by atomic mass is 16.1. The van der Waals surface area contributed by atoms with Gasteiger partial charge in [-0.25, -0.2) is 0 Å². The summed E-state index contributed by atoms with van der Waals surface area (Å²) in [6, 6.07) is 0. The van der Waals surface area contributed by atoms with Crippen LogP contribution < -0.4 is 0 Å². The Kier molecular flexibility index (Phi) is 1.91. The van der Waals surface area contributed by atoms with E-state index >= 15 is 0 Å². The van der Waals surface area contributed by atoms with Crippen LogP contribution in [0.5, 0.6) is 0 Å². The smallest absolute Gasteiger partial charge is 0.194 e. The second-order valence-electron chi connectivity index (χ2n) is 5.78. The highest BCUT2D eigenvalue weighted by molar-refractivity contribution is 6.30. The Morgan fingerprint density at radius 3 is 2.42 bits per heavy atom. The zero-order valence-electron chi connectivity index (χ0n) is 11.1. The van der Waals surface area contributed by atoms with Crippen LogP contribution in [0.4, 0.5) is 0 Å². The standard InChI is InChI=1S/C17H14O2/c1-8-6-9(2)14-12(8)7-13-15(14)17(19)11-5-3-4-10(11)16(13)18/h3,5H,4,6-7H2,1-2H3. The van der Waals surface area contributed by atoms with Crippen molar-refractivity contribution in [2.75, 3.05) is 0 Å². The lowest BCUT2D eigenvalue weighted by Gasteiger charge is -2.15. The van der Waals surface area contributed by atoms with Crippen molar-refractivity contribution in [3.63, 3.8) is 0 Å². The van der Waals surface area contributed by atoms with Crippen LogP contribution in [-0.4, -0.2) is 11.6 Å². The molecule has 2 nitrogen and oxygen atoms in total. The lowest BCUT2D eigenvalue weighted by Crippen LogP contribution is -2.19. The van der Waals surface area contributed by atoms with Crippen LogP contribution in [-0.2, 0) is 9.59 Å². The molecule has 0 amide bonds. The van der Waals surface area contributed by atoms with Crippen molar-refractivity contribution in [3.05, 3.63) is 56.7 Å². The van der Waals surface area contributed by atoms with Gasteiger partial charge in [0.1, 0.15) is 0 Å². The van der Waals surface area contributed by atoms with E-state index in [4.69, 9.17) is 0 Å². The summed E-state index contributed by atoms with van der Waals surface area (Å²) in [7, 11) is 0. The summed E-state index contributed by atoms with van der Waals surface area (Å²) in [5, 5.41) is 0. The molecule has 0 atom stereocenters. The molecule has 0 fully saturated rings. The van der Waals surface area contributed by atoms with Crippen molar-refractivity contribution in [3.8, 4) is 0 Å². The Hall–Kier alpha value is -1.96. The van der Waals surface area contributed by atoms with Crippen LogP contribution in [0.2, 0.25) is 0 Å². The molecule has 19 heavy (non-hydrogen) atoms. The molecule has 0 aromatic heterocycles. The topological polar surface area (TPSA) is 34.1 Å². The largest absolute Gasteiger partial charge is 0.289 e. The highest BCUT2D eigenvalue weighted by Gasteiger charge is 2.43. The van der Waals surface area contributed by atoms with Crippen LogP contribution in [0.25, 0.3) is 0 Å². The number of hydrogen-bond donors (Lipinski definition) is 0. The Balaban J connectivity index is 1.96. The number of allylic oxidation sites excluding steroid dienone is 10. The van der Waals surface area contributed by atoms with Gasteiger partial charge in [0, 0.05) is 28.7 Å². The van der Waals surface area contributed by atoms with E-state index in [0.29, 0.717) is 29.6 Å². The van der Waals surface area contributed by atoms with Gasteiger partial charge < -0.3 is 0 Å². The third-order valence-corrected chi connectivity index (χ3v) is 4.63. The molecule has 0 aliphatic heterocycles. The minimum Gasteiger partial charge on any atom is -0.289 e. The summed E-state index contributed by atoms with van der Waals surface area (Å²) in [5.74, 6) is 0.169. The molecule has 4 aliphatic rings. The number of rotatable bonds is 0. The average molecular weight is 250 g/mol. The molecule has 0 spiro atoms. The van der Waals surface area contributed by atoms with Gasteiger partial charge in [-0.15, -0.1) is 0 Å². The number of carbonyl (C=O) groups is 2. The summed E-state index contributed by atoms with van der Waals surface area (Å²) in [5.41, 5.74) is 7.67. The van der Waals surface area contributed by atoms with E-state index < -0.39 is 0 Å². The van der Waals surface area contributed by atoms with Gasteiger partial charge in [0.05, 0.1) is 0 Å². The molecule has 4 rings (SSSR count). The molecule has 0 radical (unpaired) electrons. The third-order valence-electron chi connectivity index (χ3n) is 4.63. The van der Waals surface area contributed by atoms with Crippen molar-refractivity contribution in [1.82, 2.24) is 0 Å². The predicted octanol–water partition coefficient (Wildman–Crippen LogP) is 3.13. The van der Waals surface area contributed by atoms with E-state index in [1.807, 2.05) is 12.2 Å². The molecule has 0 N–H and O–H groups in total. The first-order chi connectivity index (χ1) is 9.09. The van der Waals surface area contributed by atoms with E-state index in [9.17, 15) is 9.59 Å². The second kappa shape index (κ2) is 3.32. The number of hydrogen-bond acceptors (Lipinski definition) is 2. The lowest BCUT2D eigenvalue weighted by molar-refractivity contribution is -0.116. The Morgan fingerprint density at radius 2 is 1.63 bits per heavy atom. The quantitative estimate of drug-likeness (QED) is 0.619. The summed E-state index contributed by atoms with van der Waals surface area (Å²) >= 11 is 0. The fourth-order valence-electron chi connectivity index (χ4n) is 3.78. The molecular formula is C17H14O2. The molecule has 94 valence electrons. The highest BCUT2D eigenvalue weighted by Crippen LogP contribution is 2.50. The summed E-state index contributed by atoms with van der Waals surface area (Å²) in [4.78, 5) is 25.2. The fourth-order valence-corrected chi connectivity index (χ4v) is 3.78. The maximum atomic E-state index is 12.7. The fraction of sp³-hybridized carbons (Fsp3) is 0.294. The van der Waals surface area contributed by atoms with Crippen LogP contribution in [0.3, 0.4) is 0 Å². The van der Waals surface area contributed by atoms with E-state index in [1.165, 1.54) is 16.7 Å². The van der Waals surface area contributed by atoms with Gasteiger partial charge in [0.2, 0.25) is 0 Å². The molecular weight excluding hydrogens is 236 g/mol. The maximum absolute atomic E-state index is 12.7. The van der Waals surface area contributed by atoms with Crippen molar-refractivity contribution in [2.24, 2.45) is 0 Å². The number of carbonyl (C=O) groups excluding carboxylic acids is 2. The normalized spacial score (nSPS) is 24.9. The van der Waals surface area contributed by atoms with Crippen molar-refractivity contribution >= 4 is 11.6 Å². The second-order valence-corrected chi connectivity index (χ2v) is 5.78. The monoisotopic (exact) mass is 250 g/mol.